The van der Waals surface area contributed by atoms with Gasteiger partial charge in [0.25, 0.3) is 5.91 Å². The number of carboxylic acids is 1. The predicted octanol–water partition coefficient (Wildman–Crippen LogP) is 2.05. The molecular formula is C19H25NO6. The van der Waals surface area contributed by atoms with Gasteiger partial charge in [0.15, 0.2) is 0 Å². The normalized spacial score (nSPS) is 23.7. The molecule has 0 aromatic heterocycles. The summed E-state index contributed by atoms with van der Waals surface area (Å²) in [6, 6.07) is 5.14. The zero-order valence-electron chi connectivity index (χ0n) is 15.1. The van der Waals surface area contributed by atoms with Gasteiger partial charge in [-0.3, -0.25) is 9.59 Å². The van der Waals surface area contributed by atoms with E-state index in [2.05, 4.69) is 0 Å². The summed E-state index contributed by atoms with van der Waals surface area (Å²) in [4.78, 5) is 26.0. The Balaban J connectivity index is 1.64. The topological polar surface area (TPSA) is 85.3 Å². The molecule has 3 rings (SSSR count). The van der Waals surface area contributed by atoms with Crippen LogP contribution in [0.3, 0.4) is 0 Å². The Labute approximate surface area is 152 Å². The lowest BCUT2D eigenvalue weighted by Crippen LogP contribution is -2.43. The van der Waals surface area contributed by atoms with Gasteiger partial charge in [-0.15, -0.1) is 0 Å². The van der Waals surface area contributed by atoms with E-state index in [0.717, 1.165) is 12.8 Å². The highest BCUT2D eigenvalue weighted by Gasteiger charge is 2.40. The average Bonchev–Trinajstić information content (AvgIpc) is 3.17. The Morgan fingerprint density at radius 1 is 1.08 bits per heavy atom. The lowest BCUT2D eigenvalue weighted by Gasteiger charge is -2.35. The third-order valence-corrected chi connectivity index (χ3v) is 5.34. The highest BCUT2D eigenvalue weighted by atomic mass is 16.5. The monoisotopic (exact) mass is 363 g/mol. The number of hydrogen-bond acceptors (Lipinski definition) is 5. The summed E-state index contributed by atoms with van der Waals surface area (Å²) in [6.07, 6.45) is 1.84. The number of hydrogen-bond donors (Lipinski definition) is 1. The largest absolute Gasteiger partial charge is 0.497 e. The van der Waals surface area contributed by atoms with Crippen LogP contribution in [-0.4, -0.2) is 61.9 Å². The molecule has 2 saturated heterocycles. The number of carbonyl (C=O) groups excluding carboxylic acids is 1. The van der Waals surface area contributed by atoms with Crippen molar-refractivity contribution >= 4 is 11.9 Å². The molecule has 7 heteroatoms. The van der Waals surface area contributed by atoms with Gasteiger partial charge in [0.05, 0.1) is 26.2 Å². The van der Waals surface area contributed by atoms with Gasteiger partial charge in [-0.25, -0.2) is 0 Å². The van der Waals surface area contributed by atoms with Crippen LogP contribution in [0.1, 0.15) is 29.6 Å². The second-order valence-corrected chi connectivity index (χ2v) is 6.80. The van der Waals surface area contributed by atoms with Crippen molar-refractivity contribution in [2.75, 3.05) is 33.9 Å². The summed E-state index contributed by atoms with van der Waals surface area (Å²) in [5.74, 6) is 0.0575. The minimum absolute atomic E-state index is 0.0669. The molecule has 1 amide bonds. The van der Waals surface area contributed by atoms with E-state index in [1.54, 1.807) is 37.3 Å². The van der Waals surface area contributed by atoms with E-state index in [9.17, 15) is 14.7 Å². The number of nitrogens with zero attached hydrogens (tertiary/aromatic N) is 1. The molecule has 2 heterocycles. The number of aliphatic carboxylic acids is 1. The molecule has 26 heavy (non-hydrogen) atoms. The number of ether oxygens (including phenoxy) is 3. The predicted molar refractivity (Wildman–Crippen MR) is 93.7 cm³/mol. The van der Waals surface area contributed by atoms with Crippen LogP contribution in [0.15, 0.2) is 18.2 Å². The van der Waals surface area contributed by atoms with E-state index < -0.39 is 11.9 Å². The Morgan fingerprint density at radius 2 is 1.69 bits per heavy atom. The molecule has 2 aliphatic heterocycles. The maximum absolute atomic E-state index is 12.8. The van der Waals surface area contributed by atoms with Crippen LogP contribution >= 0.6 is 0 Å². The van der Waals surface area contributed by atoms with Crippen LogP contribution in [0.2, 0.25) is 0 Å². The molecule has 0 saturated carbocycles. The summed E-state index contributed by atoms with van der Waals surface area (Å²) in [5.41, 5.74) is 0.528. The van der Waals surface area contributed by atoms with Gasteiger partial charge in [-0.1, -0.05) is 0 Å². The maximum Gasteiger partial charge on any atom is 0.309 e. The summed E-state index contributed by atoms with van der Waals surface area (Å²) >= 11 is 0. The van der Waals surface area contributed by atoms with Crippen LogP contribution in [0, 0.1) is 11.8 Å². The van der Waals surface area contributed by atoms with E-state index in [1.165, 1.54) is 0 Å². The summed E-state index contributed by atoms with van der Waals surface area (Å²) in [7, 11) is 3.10. The van der Waals surface area contributed by atoms with Crippen molar-refractivity contribution in [3.63, 3.8) is 0 Å². The molecule has 142 valence electrons. The Hall–Kier alpha value is -2.28. The molecule has 1 N–H and O–H groups in total. The number of likely N-dealkylation sites (tertiary alicyclic amines) is 1. The van der Waals surface area contributed by atoms with Gasteiger partial charge < -0.3 is 24.2 Å². The number of benzene rings is 1. The van der Waals surface area contributed by atoms with E-state index in [4.69, 9.17) is 14.2 Å². The Morgan fingerprint density at radius 3 is 2.23 bits per heavy atom. The first-order chi connectivity index (χ1) is 12.5. The van der Waals surface area contributed by atoms with E-state index in [-0.39, 0.29) is 17.9 Å². The van der Waals surface area contributed by atoms with Crippen molar-refractivity contribution in [3.05, 3.63) is 23.8 Å². The summed E-state index contributed by atoms with van der Waals surface area (Å²) in [6.45, 7) is 1.69. The second-order valence-electron chi connectivity index (χ2n) is 6.80. The second kappa shape index (κ2) is 7.95. The number of carboxylic acid groups (broad SMARTS) is 1. The van der Waals surface area contributed by atoms with Crippen molar-refractivity contribution in [2.24, 2.45) is 11.8 Å². The summed E-state index contributed by atoms with van der Waals surface area (Å²) < 4.78 is 16.2. The van der Waals surface area contributed by atoms with Crippen LogP contribution in [0.5, 0.6) is 11.5 Å². The van der Waals surface area contributed by atoms with Crippen LogP contribution in [0.4, 0.5) is 0 Å². The van der Waals surface area contributed by atoms with Crippen LogP contribution in [0.25, 0.3) is 0 Å². The molecule has 0 aliphatic carbocycles. The molecule has 1 unspecified atom stereocenters. The van der Waals surface area contributed by atoms with Crippen molar-refractivity contribution in [2.45, 2.75) is 25.4 Å². The highest BCUT2D eigenvalue weighted by molar-refractivity contribution is 5.95. The molecule has 1 aromatic carbocycles. The number of piperidine rings is 1. The van der Waals surface area contributed by atoms with Crippen molar-refractivity contribution in [3.8, 4) is 11.5 Å². The molecule has 2 aliphatic rings. The van der Waals surface area contributed by atoms with Gasteiger partial charge >= 0.3 is 5.97 Å². The molecular weight excluding hydrogens is 338 g/mol. The van der Waals surface area contributed by atoms with Gasteiger partial charge in [0.1, 0.15) is 11.5 Å². The van der Waals surface area contributed by atoms with Crippen molar-refractivity contribution in [1.82, 2.24) is 4.90 Å². The van der Waals surface area contributed by atoms with Gasteiger partial charge in [0.2, 0.25) is 0 Å². The van der Waals surface area contributed by atoms with Crippen LogP contribution in [-0.2, 0) is 9.53 Å². The molecule has 1 aromatic rings. The smallest absolute Gasteiger partial charge is 0.309 e. The molecule has 2 fully saturated rings. The van der Waals surface area contributed by atoms with Crippen molar-refractivity contribution in [1.29, 1.82) is 0 Å². The van der Waals surface area contributed by atoms with Gasteiger partial charge in [-0.2, -0.15) is 0 Å². The standard InChI is InChI=1S/C19H25NO6/c1-24-14-9-13(10-15(11-14)25-2)18(21)20-6-3-12(4-7-20)17-16(19(22)23)5-8-26-17/h9-12,16-17H,3-8H2,1-2H3,(H,22,23)/t16?,17-/m0/s1. The third kappa shape index (κ3) is 3.77. The van der Waals surface area contributed by atoms with E-state index in [1.807, 2.05) is 0 Å². The van der Waals surface area contributed by atoms with Crippen LogP contribution < -0.4 is 9.47 Å². The van der Waals surface area contributed by atoms with E-state index in [0.29, 0.717) is 43.2 Å². The fraction of sp³-hybridized carbons (Fsp3) is 0.579. The minimum Gasteiger partial charge on any atom is -0.497 e. The van der Waals surface area contributed by atoms with Gasteiger partial charge in [-0.05, 0) is 37.3 Å². The summed E-state index contributed by atoms with van der Waals surface area (Å²) in [5, 5.41) is 9.33. The fourth-order valence-corrected chi connectivity index (χ4v) is 3.88. The Kier molecular flexibility index (Phi) is 5.66. The number of carbonyl (C=O) groups is 2. The SMILES string of the molecule is COc1cc(OC)cc(C(=O)N2CCC([C@@H]3OCCC3C(=O)O)CC2)c1. The Bertz CT molecular complexity index is 646. The molecule has 0 radical (unpaired) electrons. The highest BCUT2D eigenvalue weighted by Crippen LogP contribution is 2.34. The first-order valence-electron chi connectivity index (χ1n) is 8.90. The third-order valence-electron chi connectivity index (χ3n) is 5.34. The fourth-order valence-electron chi connectivity index (χ4n) is 3.88. The van der Waals surface area contributed by atoms with Crippen molar-refractivity contribution < 1.29 is 28.9 Å². The first-order valence-corrected chi connectivity index (χ1v) is 8.90. The molecule has 0 spiro atoms. The minimum atomic E-state index is -0.783. The lowest BCUT2D eigenvalue weighted by molar-refractivity contribution is -0.145. The van der Waals surface area contributed by atoms with Gasteiger partial charge in [0, 0.05) is 31.3 Å². The molecule has 2 atom stereocenters. The number of methoxy groups -OCH3 is 2. The molecule has 7 nitrogen and oxygen atoms in total. The average molecular weight is 363 g/mol. The maximum atomic E-state index is 12.8. The van der Waals surface area contributed by atoms with E-state index >= 15 is 0 Å². The number of rotatable bonds is 5. The lowest BCUT2D eigenvalue weighted by atomic mass is 9.84. The quantitative estimate of drug-likeness (QED) is 0.862. The first kappa shape index (κ1) is 18.5. The molecule has 0 bridgehead atoms. The zero-order valence-corrected chi connectivity index (χ0v) is 15.1. The number of amides is 1. The zero-order chi connectivity index (χ0) is 18.7.